The molecule has 0 spiro atoms. The van der Waals surface area contributed by atoms with Gasteiger partial charge in [-0.15, -0.1) is 5.11 Å². The first-order valence-electron chi connectivity index (χ1n) is 9.23. The molecule has 5 heteroatoms. The van der Waals surface area contributed by atoms with Crippen molar-refractivity contribution in [2.45, 2.75) is 52.9 Å². The highest BCUT2D eigenvalue weighted by molar-refractivity contribution is 5.64. The number of nitrogens with zero attached hydrogens (tertiary/aromatic N) is 4. The van der Waals surface area contributed by atoms with E-state index >= 15 is 0 Å². The van der Waals surface area contributed by atoms with Crippen molar-refractivity contribution in [2.24, 2.45) is 10.2 Å². The Morgan fingerprint density at radius 1 is 1.00 bits per heavy atom. The quantitative estimate of drug-likeness (QED) is 0.360. The summed E-state index contributed by atoms with van der Waals surface area (Å²) in [7, 11) is 0. The van der Waals surface area contributed by atoms with E-state index in [1.807, 2.05) is 31.2 Å². The number of hydrogen-bond donors (Lipinski definition) is 1. The van der Waals surface area contributed by atoms with Crippen LogP contribution in [0.2, 0.25) is 0 Å². The summed E-state index contributed by atoms with van der Waals surface area (Å²) in [6, 6.07) is 15.3. The standard InChI is InChI=1S/C18H17N5.C4H10/c1-13-10-16(21)11-15(12-20)18(13)23-22-17-7-5-14(6-8-17)4-2-3-9-19;1-3-4-2/h5-8,10-11H,2-4,21H2,1H3;3-4H2,1-2H3. The molecule has 2 rings (SSSR count). The maximum absolute atomic E-state index is 9.17. The molecule has 0 aliphatic carbocycles. The van der Waals surface area contributed by atoms with Crippen LogP contribution in [0.25, 0.3) is 0 Å². The molecule has 0 saturated carbocycles. The van der Waals surface area contributed by atoms with Crippen molar-refractivity contribution in [3.63, 3.8) is 0 Å². The van der Waals surface area contributed by atoms with Crippen LogP contribution in [0.5, 0.6) is 0 Å². The largest absolute Gasteiger partial charge is 0.399 e. The van der Waals surface area contributed by atoms with Crippen LogP contribution in [-0.4, -0.2) is 0 Å². The number of rotatable bonds is 6. The van der Waals surface area contributed by atoms with Crippen LogP contribution in [0.4, 0.5) is 17.1 Å². The Bertz CT molecular complexity index is 822. The lowest BCUT2D eigenvalue weighted by Gasteiger charge is -2.03. The van der Waals surface area contributed by atoms with E-state index in [0.29, 0.717) is 29.0 Å². The summed E-state index contributed by atoms with van der Waals surface area (Å²) in [6.07, 6.45) is 4.93. The lowest BCUT2D eigenvalue weighted by Crippen LogP contribution is -1.89. The molecular weight excluding hydrogens is 334 g/mol. The highest BCUT2D eigenvalue weighted by Gasteiger charge is 2.06. The van der Waals surface area contributed by atoms with Gasteiger partial charge in [-0.2, -0.15) is 15.6 Å². The monoisotopic (exact) mass is 361 g/mol. The fourth-order valence-electron chi connectivity index (χ4n) is 2.23. The van der Waals surface area contributed by atoms with E-state index in [1.54, 1.807) is 12.1 Å². The Morgan fingerprint density at radius 3 is 2.22 bits per heavy atom. The number of unbranched alkanes of at least 4 members (excludes halogenated alkanes) is 2. The third-order valence-electron chi connectivity index (χ3n) is 3.90. The van der Waals surface area contributed by atoms with Gasteiger partial charge in [0.25, 0.3) is 0 Å². The number of aryl methyl sites for hydroxylation is 2. The Kier molecular flexibility index (Phi) is 9.89. The fraction of sp³-hybridized carbons (Fsp3) is 0.364. The van der Waals surface area contributed by atoms with Crippen LogP contribution < -0.4 is 5.73 Å². The number of nitrogens with two attached hydrogens (primary N) is 1. The zero-order chi connectivity index (χ0) is 20.1. The molecule has 0 radical (unpaired) electrons. The van der Waals surface area contributed by atoms with E-state index in [-0.39, 0.29) is 0 Å². The summed E-state index contributed by atoms with van der Waals surface area (Å²) in [5.41, 5.74) is 9.94. The van der Waals surface area contributed by atoms with Crippen molar-refractivity contribution < 1.29 is 0 Å². The average Bonchev–Trinajstić information content (AvgIpc) is 2.68. The van der Waals surface area contributed by atoms with Gasteiger partial charge in [-0.25, -0.2) is 0 Å². The molecule has 2 aromatic rings. The number of nitriles is 2. The van der Waals surface area contributed by atoms with E-state index in [1.165, 1.54) is 18.4 Å². The second kappa shape index (κ2) is 12.2. The number of azo groups is 1. The maximum atomic E-state index is 9.17. The number of anilines is 1. The minimum Gasteiger partial charge on any atom is -0.399 e. The highest BCUT2D eigenvalue weighted by Crippen LogP contribution is 2.28. The molecule has 0 unspecified atom stereocenters. The summed E-state index contributed by atoms with van der Waals surface area (Å²) in [4.78, 5) is 0. The predicted octanol–water partition coefficient (Wildman–Crippen LogP) is 6.52. The van der Waals surface area contributed by atoms with Gasteiger partial charge < -0.3 is 5.73 Å². The SMILES string of the molecule is CCCC.Cc1cc(N)cc(C#N)c1N=Nc1ccc(CCCC#N)cc1. The normalized spacial score (nSPS) is 9.96. The van der Waals surface area contributed by atoms with E-state index < -0.39 is 0 Å². The van der Waals surface area contributed by atoms with Gasteiger partial charge in [0.15, 0.2) is 0 Å². The van der Waals surface area contributed by atoms with Crippen LogP contribution >= 0.6 is 0 Å². The van der Waals surface area contributed by atoms with Gasteiger partial charge in [0.2, 0.25) is 0 Å². The maximum Gasteiger partial charge on any atom is 0.106 e. The van der Waals surface area contributed by atoms with Crippen molar-refractivity contribution >= 4 is 17.1 Å². The number of hydrogen-bond acceptors (Lipinski definition) is 5. The minimum absolute atomic E-state index is 0.416. The molecule has 0 heterocycles. The van der Waals surface area contributed by atoms with Crippen molar-refractivity contribution in [1.82, 2.24) is 0 Å². The number of benzene rings is 2. The topological polar surface area (TPSA) is 98.3 Å². The Hall–Kier alpha value is -3.18. The second-order valence-corrected chi connectivity index (χ2v) is 6.22. The molecule has 0 bridgehead atoms. The lowest BCUT2D eigenvalue weighted by molar-refractivity contribution is 0.850. The first-order chi connectivity index (χ1) is 13.0. The zero-order valence-electron chi connectivity index (χ0n) is 16.4. The summed E-state index contributed by atoms with van der Waals surface area (Å²) >= 11 is 0. The van der Waals surface area contributed by atoms with Gasteiger partial charge in [0.1, 0.15) is 11.8 Å². The summed E-state index contributed by atoms with van der Waals surface area (Å²) in [5.74, 6) is 0. The molecule has 5 nitrogen and oxygen atoms in total. The van der Waals surface area contributed by atoms with E-state index in [4.69, 9.17) is 11.0 Å². The molecule has 2 aromatic carbocycles. The molecule has 0 aromatic heterocycles. The molecular formula is C22H27N5. The van der Waals surface area contributed by atoms with Gasteiger partial charge in [-0.3, -0.25) is 0 Å². The van der Waals surface area contributed by atoms with E-state index in [9.17, 15) is 5.26 Å². The van der Waals surface area contributed by atoms with Crippen molar-refractivity contribution in [3.8, 4) is 12.1 Å². The minimum atomic E-state index is 0.416. The summed E-state index contributed by atoms with van der Waals surface area (Å²) in [5, 5.41) is 26.1. The first-order valence-corrected chi connectivity index (χ1v) is 9.23. The van der Waals surface area contributed by atoms with Crippen LogP contribution in [-0.2, 0) is 6.42 Å². The molecule has 0 aliphatic rings. The lowest BCUT2D eigenvalue weighted by atomic mass is 10.1. The van der Waals surface area contributed by atoms with Gasteiger partial charge in [0, 0.05) is 12.1 Å². The summed E-state index contributed by atoms with van der Waals surface area (Å²) < 4.78 is 0. The molecule has 0 atom stereocenters. The molecule has 0 aliphatic heterocycles. The summed E-state index contributed by atoms with van der Waals surface area (Å²) in [6.45, 7) is 6.21. The predicted molar refractivity (Wildman–Crippen MR) is 110 cm³/mol. The van der Waals surface area contributed by atoms with Crippen molar-refractivity contribution in [1.29, 1.82) is 10.5 Å². The Labute approximate surface area is 162 Å². The second-order valence-electron chi connectivity index (χ2n) is 6.22. The molecule has 140 valence electrons. The Balaban J connectivity index is 0.000000828. The molecule has 0 saturated heterocycles. The van der Waals surface area contributed by atoms with Crippen molar-refractivity contribution in [3.05, 3.63) is 53.1 Å². The average molecular weight is 361 g/mol. The molecule has 0 fully saturated rings. The molecule has 27 heavy (non-hydrogen) atoms. The van der Waals surface area contributed by atoms with E-state index in [2.05, 4.69) is 36.2 Å². The van der Waals surface area contributed by atoms with Crippen LogP contribution in [0.15, 0.2) is 46.6 Å². The third-order valence-corrected chi connectivity index (χ3v) is 3.90. The van der Waals surface area contributed by atoms with Gasteiger partial charge in [-0.05, 0) is 55.2 Å². The van der Waals surface area contributed by atoms with Gasteiger partial charge >= 0.3 is 0 Å². The van der Waals surface area contributed by atoms with Crippen LogP contribution in [0, 0.1) is 29.6 Å². The smallest absolute Gasteiger partial charge is 0.106 e. The third kappa shape index (κ3) is 7.71. The van der Waals surface area contributed by atoms with Gasteiger partial charge in [0.05, 0.1) is 17.3 Å². The van der Waals surface area contributed by atoms with Crippen LogP contribution in [0.3, 0.4) is 0 Å². The fourth-order valence-corrected chi connectivity index (χ4v) is 2.23. The highest BCUT2D eigenvalue weighted by atomic mass is 15.1. The van der Waals surface area contributed by atoms with Crippen LogP contribution in [0.1, 0.15) is 56.2 Å². The Morgan fingerprint density at radius 2 is 1.67 bits per heavy atom. The van der Waals surface area contributed by atoms with E-state index in [0.717, 1.165) is 18.4 Å². The zero-order valence-corrected chi connectivity index (χ0v) is 16.4. The first kappa shape index (κ1) is 21.9. The molecule has 0 amide bonds. The number of nitrogen functional groups attached to an aromatic ring is 1. The van der Waals surface area contributed by atoms with Gasteiger partial charge in [-0.1, -0.05) is 38.8 Å². The van der Waals surface area contributed by atoms with Crippen molar-refractivity contribution in [2.75, 3.05) is 5.73 Å². The molecule has 2 N–H and O–H groups in total.